The highest BCUT2D eigenvalue weighted by molar-refractivity contribution is 5.76. The van der Waals surface area contributed by atoms with Crippen LogP contribution in [-0.4, -0.2) is 60.7 Å². The van der Waals surface area contributed by atoms with E-state index >= 15 is 4.39 Å². The van der Waals surface area contributed by atoms with Crippen LogP contribution < -0.4 is 0 Å². The Hall–Kier alpha value is -3.96. The lowest BCUT2D eigenvalue weighted by atomic mass is 9.88. The molecule has 9 heteroatoms. The molecule has 8 nitrogen and oxygen atoms in total. The van der Waals surface area contributed by atoms with Gasteiger partial charge in [0.25, 0.3) is 6.17 Å². The quantitative estimate of drug-likeness (QED) is 0.150. The van der Waals surface area contributed by atoms with Crippen molar-refractivity contribution in [2.75, 3.05) is 13.2 Å². The number of aliphatic hydroxyl groups is 1. The molecule has 0 bridgehead atoms. The van der Waals surface area contributed by atoms with Crippen molar-refractivity contribution < 1.29 is 42.7 Å². The van der Waals surface area contributed by atoms with Crippen molar-refractivity contribution in [3.63, 3.8) is 0 Å². The number of hydrogen-bond donors (Lipinski definition) is 1. The molecule has 248 valence electrons. The molecule has 47 heavy (non-hydrogen) atoms. The maximum Gasteiger partial charge on any atom is 0.346 e. The van der Waals surface area contributed by atoms with E-state index in [1.54, 1.807) is 6.92 Å². The maximum absolute atomic E-state index is 16.2. The zero-order valence-corrected chi connectivity index (χ0v) is 26.4. The normalized spacial score (nSPS) is 23.2. The van der Waals surface area contributed by atoms with Gasteiger partial charge in [-0.3, -0.25) is 0 Å². The molecule has 1 saturated heterocycles. The molecule has 0 saturated carbocycles. The smallest absolute Gasteiger partial charge is 0.346 e. The predicted octanol–water partition coefficient (Wildman–Crippen LogP) is 5.95. The van der Waals surface area contributed by atoms with Gasteiger partial charge in [-0.05, 0) is 29.2 Å². The van der Waals surface area contributed by atoms with E-state index in [9.17, 15) is 9.90 Å². The lowest BCUT2D eigenvalue weighted by molar-refractivity contribution is -0.383. The summed E-state index contributed by atoms with van der Waals surface area (Å²) in [5, 5.41) is 12.1. The fourth-order valence-electron chi connectivity index (χ4n) is 5.47. The van der Waals surface area contributed by atoms with Crippen molar-refractivity contribution in [1.82, 2.24) is 0 Å². The second-order valence-electron chi connectivity index (χ2n) is 11.3. The van der Waals surface area contributed by atoms with Gasteiger partial charge in [-0.1, -0.05) is 121 Å². The number of carbonyl (C=O) groups is 1. The molecule has 4 aromatic rings. The Kier molecular flexibility index (Phi) is 12.6. The molecular formula is C38H41FO8. The van der Waals surface area contributed by atoms with E-state index in [0.29, 0.717) is 0 Å². The van der Waals surface area contributed by atoms with E-state index in [4.69, 9.17) is 28.4 Å². The summed E-state index contributed by atoms with van der Waals surface area (Å²) in [4.78, 5) is 12.9. The number of carbonyl (C=O) groups excluding carboxylic acids is 1. The van der Waals surface area contributed by atoms with Crippen molar-refractivity contribution in [2.45, 2.75) is 69.7 Å². The van der Waals surface area contributed by atoms with Crippen molar-refractivity contribution in [3.05, 3.63) is 144 Å². The van der Waals surface area contributed by atoms with Gasteiger partial charge in [0, 0.05) is 0 Å². The lowest BCUT2D eigenvalue weighted by Gasteiger charge is -2.50. The highest BCUT2D eigenvalue weighted by Crippen LogP contribution is 2.39. The molecule has 1 aliphatic heterocycles. The fourth-order valence-corrected chi connectivity index (χ4v) is 5.47. The van der Waals surface area contributed by atoms with Gasteiger partial charge in [0.1, 0.15) is 24.4 Å². The first-order valence-corrected chi connectivity index (χ1v) is 15.8. The van der Waals surface area contributed by atoms with Gasteiger partial charge in [-0.25, -0.2) is 9.18 Å². The molecule has 0 radical (unpaired) electrons. The second kappa shape index (κ2) is 17.3. The van der Waals surface area contributed by atoms with Crippen LogP contribution in [0.15, 0.2) is 121 Å². The molecule has 0 aliphatic carbocycles. The van der Waals surface area contributed by atoms with Crippen molar-refractivity contribution in [1.29, 1.82) is 0 Å². The van der Waals surface area contributed by atoms with Crippen LogP contribution in [0, 0.1) is 0 Å². The lowest BCUT2D eigenvalue weighted by Crippen LogP contribution is -2.71. The van der Waals surface area contributed by atoms with E-state index in [-0.39, 0.29) is 39.6 Å². The van der Waals surface area contributed by atoms with Crippen LogP contribution in [-0.2, 0) is 59.6 Å². The molecule has 1 aliphatic rings. The zero-order valence-electron chi connectivity index (χ0n) is 26.4. The monoisotopic (exact) mass is 644 g/mol. The van der Waals surface area contributed by atoms with Crippen molar-refractivity contribution in [2.24, 2.45) is 0 Å². The molecule has 0 spiro atoms. The summed E-state index contributed by atoms with van der Waals surface area (Å²) in [5.41, 5.74) is 3.40. The van der Waals surface area contributed by atoms with Crippen LogP contribution in [0.25, 0.3) is 0 Å². The van der Waals surface area contributed by atoms with E-state index in [0.717, 1.165) is 22.3 Å². The third-order valence-corrected chi connectivity index (χ3v) is 7.83. The van der Waals surface area contributed by atoms with Crippen molar-refractivity contribution >= 4 is 5.97 Å². The number of ether oxygens (including phenoxy) is 6. The van der Waals surface area contributed by atoms with E-state index < -0.39 is 42.3 Å². The Morgan fingerprint density at radius 1 is 0.702 bits per heavy atom. The minimum absolute atomic E-state index is 0.0293. The van der Waals surface area contributed by atoms with Crippen molar-refractivity contribution in [3.8, 4) is 0 Å². The van der Waals surface area contributed by atoms with Crippen LogP contribution in [0.5, 0.6) is 0 Å². The predicted molar refractivity (Wildman–Crippen MR) is 173 cm³/mol. The highest BCUT2D eigenvalue weighted by Gasteiger charge is 2.62. The number of esters is 1. The summed E-state index contributed by atoms with van der Waals surface area (Å²) in [6, 6.07) is 37.7. The molecule has 0 amide bonds. The molecule has 4 aromatic carbocycles. The summed E-state index contributed by atoms with van der Waals surface area (Å²) in [5.74, 6) is -4.09. The van der Waals surface area contributed by atoms with Gasteiger partial charge in [0.05, 0.1) is 39.6 Å². The topological polar surface area (TPSA) is 92.7 Å². The minimum atomic E-state index is -2.81. The number of alkyl halides is 1. The molecule has 1 heterocycles. The Morgan fingerprint density at radius 2 is 1.13 bits per heavy atom. The first-order valence-electron chi connectivity index (χ1n) is 15.8. The average molecular weight is 645 g/mol. The number of hydrogen-bond acceptors (Lipinski definition) is 8. The van der Waals surface area contributed by atoms with Gasteiger partial charge >= 0.3 is 5.97 Å². The summed E-state index contributed by atoms with van der Waals surface area (Å²) in [6.07, 6.45) is -7.24. The summed E-state index contributed by atoms with van der Waals surface area (Å²) < 4.78 is 52.7. The standard InChI is InChI=1S/C38H41FO8/c1-2-43-37(40)35(39)38(41)36(46-26-31-21-13-6-14-22-31)34(45-25-30-19-11-5-12-20-30)33(44-24-29-17-9-4-10-18-29)32(47-38)27-42-23-28-15-7-3-8-16-28/h3-22,32-36,41H,2,23-27H2,1H3/t32-,33-,34+,35?,36+,38+/m1/s1. The van der Waals surface area contributed by atoms with Crippen LogP contribution in [0.3, 0.4) is 0 Å². The number of benzene rings is 4. The molecule has 6 atom stereocenters. The molecule has 1 N–H and O–H groups in total. The summed E-state index contributed by atoms with van der Waals surface area (Å²) in [7, 11) is 0. The van der Waals surface area contributed by atoms with E-state index in [1.807, 2.05) is 121 Å². The van der Waals surface area contributed by atoms with Crippen LogP contribution in [0.1, 0.15) is 29.2 Å². The first kappa shape index (κ1) is 34.4. The highest BCUT2D eigenvalue weighted by atomic mass is 19.1. The van der Waals surface area contributed by atoms with Gasteiger partial charge in [0.15, 0.2) is 0 Å². The first-order chi connectivity index (χ1) is 23.0. The molecular weight excluding hydrogens is 603 g/mol. The summed E-state index contributed by atoms with van der Waals surface area (Å²) >= 11 is 0. The van der Waals surface area contributed by atoms with Gasteiger partial charge in [0.2, 0.25) is 5.79 Å². The Balaban J connectivity index is 1.51. The van der Waals surface area contributed by atoms with Crippen LogP contribution in [0.2, 0.25) is 0 Å². The minimum Gasteiger partial charge on any atom is -0.464 e. The Bertz CT molecular complexity index is 1480. The fraction of sp³-hybridized carbons (Fsp3) is 0.342. The Labute approximate surface area is 275 Å². The zero-order chi connectivity index (χ0) is 32.9. The SMILES string of the molecule is CCOC(=O)C(F)[C@]1(O)O[C@H](COCc2ccccc2)[C@@H](OCc2ccccc2)[C@H](OCc2ccccc2)[C@@H]1OCc1ccccc1. The molecule has 5 rings (SSSR count). The average Bonchev–Trinajstić information content (AvgIpc) is 3.11. The molecule has 0 aromatic heterocycles. The maximum atomic E-state index is 16.2. The molecule has 1 fully saturated rings. The molecule has 1 unspecified atom stereocenters. The van der Waals surface area contributed by atoms with Gasteiger partial charge < -0.3 is 33.5 Å². The van der Waals surface area contributed by atoms with E-state index in [2.05, 4.69) is 0 Å². The largest absolute Gasteiger partial charge is 0.464 e. The van der Waals surface area contributed by atoms with Gasteiger partial charge in [-0.15, -0.1) is 0 Å². The Morgan fingerprint density at radius 3 is 1.60 bits per heavy atom. The van der Waals surface area contributed by atoms with Crippen LogP contribution >= 0.6 is 0 Å². The van der Waals surface area contributed by atoms with Crippen LogP contribution in [0.4, 0.5) is 4.39 Å². The third kappa shape index (κ3) is 9.32. The van der Waals surface area contributed by atoms with E-state index in [1.165, 1.54) is 0 Å². The summed E-state index contributed by atoms with van der Waals surface area (Å²) in [6.45, 7) is 1.80. The number of rotatable bonds is 16. The number of halogens is 1. The third-order valence-electron chi connectivity index (χ3n) is 7.83. The van der Waals surface area contributed by atoms with Gasteiger partial charge in [-0.2, -0.15) is 0 Å². The second-order valence-corrected chi connectivity index (χ2v) is 11.3.